The van der Waals surface area contributed by atoms with Crippen molar-refractivity contribution in [3.63, 3.8) is 0 Å². The standard InChI is InChI=1S/C23H21N3O4S4/c1-21-13-23-19(28)24(3)22(2,32-20(31)33-23)18(27)25(23)17(21)26(16-12-8-7-11-15(16)21)34(29,30)14-9-5-4-6-10-14/h4-12,17H,13H2,1-3H3/t17-,21?,22-,23?/m1/s1. The van der Waals surface area contributed by atoms with Crippen LogP contribution >= 0.6 is 35.7 Å². The molecule has 0 saturated carbocycles. The maximum Gasteiger partial charge on any atom is 0.266 e. The van der Waals surface area contributed by atoms with E-state index < -0.39 is 31.3 Å². The Labute approximate surface area is 211 Å². The van der Waals surface area contributed by atoms with Crippen LogP contribution < -0.4 is 4.31 Å². The lowest BCUT2D eigenvalue weighted by molar-refractivity contribution is -0.162. The van der Waals surface area contributed by atoms with Crippen LogP contribution in [0.1, 0.15) is 25.8 Å². The first kappa shape index (κ1) is 22.4. The number of para-hydroxylation sites is 1. The molecular formula is C23H21N3O4S4. The van der Waals surface area contributed by atoms with Crippen LogP contribution in [0.4, 0.5) is 5.69 Å². The molecule has 0 radical (unpaired) electrons. The molecule has 2 aromatic rings. The first-order valence-electron chi connectivity index (χ1n) is 10.7. The minimum atomic E-state index is -4.05. The Morgan fingerprint density at radius 1 is 0.971 bits per heavy atom. The van der Waals surface area contributed by atoms with Gasteiger partial charge >= 0.3 is 0 Å². The molecule has 0 aromatic heterocycles. The van der Waals surface area contributed by atoms with Gasteiger partial charge in [0.2, 0.25) is 0 Å². The molecule has 5 aliphatic rings. The van der Waals surface area contributed by atoms with Gasteiger partial charge in [0.25, 0.3) is 21.8 Å². The summed E-state index contributed by atoms with van der Waals surface area (Å²) < 4.78 is 30.1. The van der Waals surface area contributed by atoms with Gasteiger partial charge in [-0.2, -0.15) is 0 Å². The number of fused-ring (bicyclic) bond motifs is 6. The Morgan fingerprint density at radius 3 is 2.32 bits per heavy atom. The Morgan fingerprint density at radius 2 is 1.62 bits per heavy atom. The number of thiocarbonyl (C=S) groups is 1. The zero-order valence-corrected chi connectivity index (χ0v) is 21.9. The second-order valence-corrected chi connectivity index (χ2v) is 15.1. The predicted molar refractivity (Wildman–Crippen MR) is 137 cm³/mol. The van der Waals surface area contributed by atoms with E-state index in [-0.39, 0.29) is 23.1 Å². The van der Waals surface area contributed by atoms with E-state index in [2.05, 4.69) is 0 Å². The molecule has 4 atom stereocenters. The molecule has 11 heteroatoms. The molecule has 4 fully saturated rings. The van der Waals surface area contributed by atoms with Crippen molar-refractivity contribution in [2.24, 2.45) is 0 Å². The number of benzene rings is 2. The largest absolute Gasteiger partial charge is 0.320 e. The van der Waals surface area contributed by atoms with Gasteiger partial charge in [0.1, 0.15) is 9.69 Å². The van der Waals surface area contributed by atoms with Crippen molar-refractivity contribution in [2.45, 2.75) is 46.5 Å². The van der Waals surface area contributed by atoms with Crippen molar-refractivity contribution in [1.29, 1.82) is 0 Å². The van der Waals surface area contributed by atoms with E-state index >= 15 is 0 Å². The summed E-state index contributed by atoms with van der Waals surface area (Å²) in [6, 6.07) is 15.5. The van der Waals surface area contributed by atoms with Crippen LogP contribution in [-0.4, -0.2) is 56.5 Å². The lowest BCUT2D eigenvalue weighted by Gasteiger charge is -2.50. The third-order valence-electron chi connectivity index (χ3n) is 7.52. The number of anilines is 1. The monoisotopic (exact) mass is 531 g/mol. The SMILES string of the molecule is CN1C(=O)C23CC4(C)c5ccccc5N(S(=O)(=O)c5ccccc5)[C@H]4N2C(=O)[C@@]1(C)SC(=S)S3. The number of sulfonamides is 1. The van der Waals surface area contributed by atoms with E-state index in [0.717, 1.165) is 5.56 Å². The summed E-state index contributed by atoms with van der Waals surface area (Å²) >= 11 is 7.99. The van der Waals surface area contributed by atoms with Gasteiger partial charge in [0.05, 0.1) is 10.6 Å². The molecule has 4 saturated heterocycles. The summed E-state index contributed by atoms with van der Waals surface area (Å²) in [4.78, 5) is 28.7. The number of carbonyl (C=O) groups is 2. The molecule has 2 unspecified atom stereocenters. The van der Waals surface area contributed by atoms with Crippen molar-refractivity contribution >= 4 is 66.8 Å². The molecule has 2 amide bonds. The fourth-order valence-electron chi connectivity index (χ4n) is 5.84. The highest BCUT2D eigenvalue weighted by atomic mass is 32.2. The topological polar surface area (TPSA) is 78.0 Å². The molecule has 0 aliphatic carbocycles. The third kappa shape index (κ3) is 2.46. The van der Waals surface area contributed by atoms with Crippen LogP contribution in [0.2, 0.25) is 0 Å². The molecule has 5 heterocycles. The number of carbonyl (C=O) groups excluding carboxylic acids is 2. The molecular weight excluding hydrogens is 511 g/mol. The van der Waals surface area contributed by atoms with Gasteiger partial charge in [0.15, 0.2) is 9.74 Å². The summed E-state index contributed by atoms with van der Waals surface area (Å²) in [6.45, 7) is 3.64. The van der Waals surface area contributed by atoms with E-state index in [4.69, 9.17) is 12.2 Å². The fraction of sp³-hybridized carbons (Fsp3) is 0.348. The second kappa shape index (κ2) is 6.77. The number of likely N-dealkylation sites (N-methyl/N-ethyl adjacent to an activating group) is 1. The number of amides is 2. The molecule has 1 spiro atoms. The van der Waals surface area contributed by atoms with Crippen molar-refractivity contribution in [1.82, 2.24) is 9.80 Å². The number of rotatable bonds is 2. The highest BCUT2D eigenvalue weighted by molar-refractivity contribution is 8.48. The van der Waals surface area contributed by atoms with Gasteiger partial charge in [-0.05, 0) is 30.7 Å². The van der Waals surface area contributed by atoms with Gasteiger partial charge in [-0.15, -0.1) is 0 Å². The van der Waals surface area contributed by atoms with Gasteiger partial charge < -0.3 is 4.90 Å². The second-order valence-electron chi connectivity index (χ2n) is 9.36. The maximum atomic E-state index is 14.2. The minimum Gasteiger partial charge on any atom is -0.320 e. The van der Waals surface area contributed by atoms with Crippen LogP contribution in [0, 0.1) is 0 Å². The molecule has 2 bridgehead atoms. The van der Waals surface area contributed by atoms with E-state index in [1.165, 1.54) is 37.6 Å². The first-order chi connectivity index (χ1) is 16.0. The Kier molecular flexibility index (Phi) is 4.46. The normalized spacial score (nSPS) is 34.3. The Bertz CT molecular complexity index is 1400. The third-order valence-corrected chi connectivity index (χ3v) is 12.3. The van der Waals surface area contributed by atoms with Gasteiger partial charge in [-0.1, -0.05) is 79.1 Å². The molecule has 2 aromatic carbocycles. The minimum absolute atomic E-state index is 0.134. The molecule has 7 rings (SSSR count). The molecule has 176 valence electrons. The van der Waals surface area contributed by atoms with E-state index in [1.807, 2.05) is 19.1 Å². The van der Waals surface area contributed by atoms with E-state index in [9.17, 15) is 18.0 Å². The summed E-state index contributed by atoms with van der Waals surface area (Å²) in [5.41, 5.74) is 0.534. The quantitative estimate of drug-likeness (QED) is 0.550. The van der Waals surface area contributed by atoms with Gasteiger partial charge in [0, 0.05) is 18.9 Å². The number of hydrogen-bond acceptors (Lipinski definition) is 7. The molecule has 7 nitrogen and oxygen atoms in total. The van der Waals surface area contributed by atoms with Crippen LogP contribution in [0.5, 0.6) is 0 Å². The zero-order chi connectivity index (χ0) is 24.3. The smallest absolute Gasteiger partial charge is 0.266 e. The average molecular weight is 532 g/mol. The van der Waals surface area contributed by atoms with Gasteiger partial charge in [-0.3, -0.25) is 14.5 Å². The lowest BCUT2D eigenvalue weighted by Crippen LogP contribution is -2.72. The van der Waals surface area contributed by atoms with Crippen molar-refractivity contribution < 1.29 is 18.0 Å². The predicted octanol–water partition coefficient (Wildman–Crippen LogP) is 3.36. The number of hydrogen-bond donors (Lipinski definition) is 0. The lowest BCUT2D eigenvalue weighted by atomic mass is 9.80. The summed E-state index contributed by atoms with van der Waals surface area (Å²) in [6.07, 6.45) is -0.632. The van der Waals surface area contributed by atoms with Crippen LogP contribution in [0.3, 0.4) is 0 Å². The van der Waals surface area contributed by atoms with Crippen molar-refractivity contribution in [3.8, 4) is 0 Å². The van der Waals surface area contributed by atoms with Crippen LogP contribution in [-0.2, 0) is 25.0 Å². The van der Waals surface area contributed by atoms with E-state index in [1.54, 1.807) is 56.4 Å². The average Bonchev–Trinajstić information content (AvgIpc) is 3.15. The highest BCUT2D eigenvalue weighted by Crippen LogP contribution is 2.66. The molecule has 34 heavy (non-hydrogen) atoms. The highest BCUT2D eigenvalue weighted by Gasteiger charge is 2.76. The summed E-state index contributed by atoms with van der Waals surface area (Å²) in [5.74, 6) is -0.529. The number of piperazine rings is 1. The van der Waals surface area contributed by atoms with Crippen LogP contribution in [0.25, 0.3) is 0 Å². The van der Waals surface area contributed by atoms with Crippen molar-refractivity contribution in [3.05, 3.63) is 60.2 Å². The Balaban J connectivity index is 1.65. The van der Waals surface area contributed by atoms with Crippen LogP contribution in [0.15, 0.2) is 59.5 Å². The van der Waals surface area contributed by atoms with E-state index in [0.29, 0.717) is 9.22 Å². The summed E-state index contributed by atoms with van der Waals surface area (Å²) in [5, 5.41) is 0. The Hall–Kier alpha value is -2.08. The zero-order valence-electron chi connectivity index (χ0n) is 18.6. The maximum absolute atomic E-state index is 14.2. The van der Waals surface area contributed by atoms with Crippen molar-refractivity contribution in [2.75, 3.05) is 11.4 Å². The fourth-order valence-corrected chi connectivity index (χ4v) is 11.4. The van der Waals surface area contributed by atoms with Gasteiger partial charge in [-0.25, -0.2) is 12.7 Å². The first-order valence-corrected chi connectivity index (χ1v) is 14.2. The number of nitrogens with zero attached hydrogens (tertiary/aromatic N) is 3. The molecule has 5 aliphatic heterocycles. The number of thioether (sulfide) groups is 2. The summed E-state index contributed by atoms with van der Waals surface area (Å²) in [7, 11) is -2.42. The molecule has 0 N–H and O–H groups in total.